The number of nitrogens with zero attached hydrogens (tertiary/aromatic N) is 5. The third kappa shape index (κ3) is 2.76. The minimum absolute atomic E-state index is 0.0456. The van der Waals surface area contributed by atoms with E-state index in [-0.39, 0.29) is 17.0 Å². The number of rotatable bonds is 2. The molecule has 0 bridgehead atoms. The van der Waals surface area contributed by atoms with Crippen molar-refractivity contribution in [1.29, 1.82) is 0 Å². The average Bonchev–Trinajstić information content (AvgIpc) is 2.26. The fourth-order valence-electron chi connectivity index (χ4n) is 2.39. The van der Waals surface area contributed by atoms with Gasteiger partial charge in [0.25, 0.3) is 0 Å². The van der Waals surface area contributed by atoms with Gasteiger partial charge in [0.2, 0.25) is 11.1 Å². The zero-order chi connectivity index (χ0) is 14.2. The molecule has 104 valence electrons. The first-order valence-corrected chi connectivity index (χ1v) is 6.41. The van der Waals surface area contributed by atoms with Crippen LogP contribution in [0.25, 0.3) is 0 Å². The number of halogens is 1. The van der Waals surface area contributed by atoms with Crippen molar-refractivity contribution in [2.75, 3.05) is 31.6 Å². The minimum Gasteiger partial charge on any atom is -0.345 e. The molecule has 0 N–H and O–H groups in total. The van der Waals surface area contributed by atoms with Gasteiger partial charge in [-0.15, -0.1) is 0 Å². The van der Waals surface area contributed by atoms with Crippen molar-refractivity contribution < 1.29 is 4.92 Å². The van der Waals surface area contributed by atoms with Crippen LogP contribution in [0.2, 0.25) is 5.28 Å². The van der Waals surface area contributed by atoms with Crippen molar-refractivity contribution in [3.05, 3.63) is 21.1 Å². The largest absolute Gasteiger partial charge is 0.345 e. The Morgan fingerprint density at radius 2 is 2.11 bits per heavy atom. The van der Waals surface area contributed by atoms with E-state index in [1.54, 1.807) is 6.92 Å². The Kier molecular flexibility index (Phi) is 3.86. The van der Waals surface area contributed by atoms with E-state index in [1.165, 1.54) is 0 Å². The summed E-state index contributed by atoms with van der Waals surface area (Å²) in [5.74, 6) is 0.322. The van der Waals surface area contributed by atoms with Gasteiger partial charge in [0.1, 0.15) is 5.69 Å². The van der Waals surface area contributed by atoms with Crippen molar-refractivity contribution in [1.82, 2.24) is 14.9 Å². The predicted molar refractivity (Wildman–Crippen MR) is 72.7 cm³/mol. The third-order valence-electron chi connectivity index (χ3n) is 3.30. The van der Waals surface area contributed by atoms with Gasteiger partial charge in [-0.05, 0) is 32.5 Å². The number of hydrogen-bond acceptors (Lipinski definition) is 6. The number of aryl methyl sites for hydroxylation is 1. The Balaban J connectivity index is 2.46. The smallest absolute Gasteiger partial charge is 0.332 e. The van der Waals surface area contributed by atoms with E-state index in [2.05, 4.69) is 14.9 Å². The van der Waals surface area contributed by atoms with Crippen LogP contribution in [0, 0.1) is 17.0 Å². The van der Waals surface area contributed by atoms with Gasteiger partial charge in [0, 0.05) is 25.7 Å². The summed E-state index contributed by atoms with van der Waals surface area (Å²) < 4.78 is 0. The average molecular weight is 286 g/mol. The highest BCUT2D eigenvalue weighted by atomic mass is 35.5. The SMILES string of the molecule is Cc1nc(Cl)nc(N2CCN(C)CC2C)c1[N+](=O)[O-]. The molecule has 1 aliphatic rings. The minimum atomic E-state index is -0.438. The summed E-state index contributed by atoms with van der Waals surface area (Å²) >= 11 is 5.84. The second kappa shape index (κ2) is 5.26. The summed E-state index contributed by atoms with van der Waals surface area (Å²) in [6.45, 7) is 5.95. The Morgan fingerprint density at radius 1 is 1.42 bits per heavy atom. The Bertz CT molecular complexity index is 510. The van der Waals surface area contributed by atoms with E-state index >= 15 is 0 Å². The molecule has 0 spiro atoms. The number of anilines is 1. The molecule has 1 aromatic heterocycles. The summed E-state index contributed by atoms with van der Waals surface area (Å²) in [6.07, 6.45) is 0. The van der Waals surface area contributed by atoms with Crippen LogP contribution in [0.5, 0.6) is 0 Å². The van der Waals surface area contributed by atoms with Gasteiger partial charge < -0.3 is 9.80 Å². The van der Waals surface area contributed by atoms with E-state index in [9.17, 15) is 10.1 Å². The van der Waals surface area contributed by atoms with E-state index in [0.29, 0.717) is 18.1 Å². The first-order chi connectivity index (χ1) is 8.90. The molecule has 0 aromatic carbocycles. The van der Waals surface area contributed by atoms with Crippen LogP contribution in [0.1, 0.15) is 12.6 Å². The number of hydrogen-bond donors (Lipinski definition) is 0. The normalized spacial score (nSPS) is 20.6. The lowest BCUT2D eigenvalue weighted by molar-refractivity contribution is -0.385. The zero-order valence-corrected chi connectivity index (χ0v) is 11.9. The van der Waals surface area contributed by atoms with Crippen LogP contribution in [-0.2, 0) is 0 Å². The zero-order valence-electron chi connectivity index (χ0n) is 11.1. The van der Waals surface area contributed by atoms with E-state index in [1.807, 2.05) is 18.9 Å². The summed E-state index contributed by atoms with van der Waals surface area (Å²) in [4.78, 5) is 22.8. The van der Waals surface area contributed by atoms with Crippen molar-refractivity contribution in [3.8, 4) is 0 Å². The first-order valence-electron chi connectivity index (χ1n) is 6.04. The lowest BCUT2D eigenvalue weighted by Crippen LogP contribution is -2.51. The number of aromatic nitrogens is 2. The summed E-state index contributed by atoms with van der Waals surface area (Å²) in [6, 6.07) is 0.141. The topological polar surface area (TPSA) is 75.4 Å². The molecule has 8 heteroatoms. The summed E-state index contributed by atoms with van der Waals surface area (Å²) in [5, 5.41) is 11.3. The molecule has 1 saturated heterocycles. The predicted octanol–water partition coefficient (Wildman–Crippen LogP) is 1.49. The lowest BCUT2D eigenvalue weighted by Gasteiger charge is -2.38. The highest BCUT2D eigenvalue weighted by Crippen LogP contribution is 2.31. The van der Waals surface area contributed by atoms with Gasteiger partial charge in [-0.25, -0.2) is 4.98 Å². The van der Waals surface area contributed by atoms with E-state index < -0.39 is 4.92 Å². The molecule has 0 amide bonds. The van der Waals surface area contributed by atoms with Gasteiger partial charge in [-0.2, -0.15) is 4.98 Å². The highest BCUT2D eigenvalue weighted by molar-refractivity contribution is 6.28. The Labute approximate surface area is 116 Å². The molecule has 1 unspecified atom stereocenters. The molecule has 2 heterocycles. The number of piperazine rings is 1. The second-order valence-corrected chi connectivity index (χ2v) is 5.15. The van der Waals surface area contributed by atoms with Gasteiger partial charge in [-0.3, -0.25) is 10.1 Å². The third-order valence-corrected chi connectivity index (χ3v) is 3.47. The fraction of sp³-hybridized carbons (Fsp3) is 0.636. The standard InChI is InChI=1S/C11H16ClN5O2/c1-7-6-15(3)4-5-16(7)10-9(17(18)19)8(2)13-11(12)14-10/h7H,4-6H2,1-3H3. The maximum absolute atomic E-state index is 11.2. The van der Waals surface area contributed by atoms with Crippen LogP contribution in [0.4, 0.5) is 11.5 Å². The molecule has 1 aromatic rings. The fourth-order valence-corrected chi connectivity index (χ4v) is 2.59. The first kappa shape index (κ1) is 14.0. The van der Waals surface area contributed by atoms with Gasteiger partial charge in [0.05, 0.1) is 4.92 Å². The van der Waals surface area contributed by atoms with Crippen LogP contribution in [-0.4, -0.2) is 52.5 Å². The van der Waals surface area contributed by atoms with Crippen molar-refractivity contribution in [2.45, 2.75) is 19.9 Å². The molecule has 0 saturated carbocycles. The van der Waals surface area contributed by atoms with Crippen LogP contribution in [0.3, 0.4) is 0 Å². The number of likely N-dealkylation sites (N-methyl/N-ethyl adjacent to an activating group) is 1. The van der Waals surface area contributed by atoms with Crippen LogP contribution >= 0.6 is 11.6 Å². The molecule has 0 aliphatic carbocycles. The molecule has 7 nitrogen and oxygen atoms in total. The monoisotopic (exact) mass is 285 g/mol. The Hall–Kier alpha value is -1.47. The lowest BCUT2D eigenvalue weighted by atomic mass is 10.2. The summed E-state index contributed by atoms with van der Waals surface area (Å²) in [7, 11) is 2.03. The van der Waals surface area contributed by atoms with Crippen molar-refractivity contribution in [3.63, 3.8) is 0 Å². The van der Waals surface area contributed by atoms with Crippen molar-refractivity contribution in [2.24, 2.45) is 0 Å². The molecular weight excluding hydrogens is 270 g/mol. The van der Waals surface area contributed by atoms with E-state index in [4.69, 9.17) is 11.6 Å². The quantitative estimate of drug-likeness (QED) is 0.465. The maximum Gasteiger partial charge on any atom is 0.332 e. The highest BCUT2D eigenvalue weighted by Gasteiger charge is 2.31. The molecule has 1 fully saturated rings. The Morgan fingerprint density at radius 3 is 2.68 bits per heavy atom. The van der Waals surface area contributed by atoms with Gasteiger partial charge in [0.15, 0.2) is 0 Å². The van der Waals surface area contributed by atoms with Crippen LogP contribution < -0.4 is 4.90 Å². The molecule has 2 rings (SSSR count). The maximum atomic E-state index is 11.2. The molecule has 1 atom stereocenters. The molecule has 19 heavy (non-hydrogen) atoms. The molecule has 1 aliphatic heterocycles. The van der Waals surface area contributed by atoms with Gasteiger partial charge >= 0.3 is 5.69 Å². The van der Waals surface area contributed by atoms with Crippen molar-refractivity contribution >= 4 is 23.1 Å². The van der Waals surface area contributed by atoms with E-state index in [0.717, 1.165) is 13.1 Å². The van der Waals surface area contributed by atoms with Crippen LogP contribution in [0.15, 0.2) is 0 Å². The second-order valence-electron chi connectivity index (χ2n) is 4.81. The van der Waals surface area contributed by atoms with Gasteiger partial charge in [-0.1, -0.05) is 0 Å². The number of nitro groups is 1. The summed E-state index contributed by atoms with van der Waals surface area (Å²) in [5.41, 5.74) is 0.243. The molecule has 0 radical (unpaired) electrons. The molecular formula is C11H16ClN5O2.